The number of nitrogens with zero attached hydrogens (tertiary/aromatic N) is 3. The highest BCUT2D eigenvalue weighted by Crippen LogP contribution is 2.42. The van der Waals surface area contributed by atoms with Gasteiger partial charge in [0, 0.05) is 34.5 Å². The molecule has 6 heteroatoms. The average Bonchev–Trinajstić information content (AvgIpc) is 3.35. The van der Waals surface area contributed by atoms with E-state index in [2.05, 4.69) is 44.1 Å². The molecule has 0 bridgehead atoms. The average molecular weight is 391 g/mol. The zero-order valence-corrected chi connectivity index (χ0v) is 16.4. The van der Waals surface area contributed by atoms with Gasteiger partial charge in [-0.25, -0.2) is 0 Å². The third-order valence-electron chi connectivity index (χ3n) is 4.94. The molecule has 142 valence electrons. The number of thioether (sulfide) groups is 1. The summed E-state index contributed by atoms with van der Waals surface area (Å²) in [6.07, 6.45) is 5.44. The van der Waals surface area contributed by atoms with Gasteiger partial charge in [0.05, 0.1) is 6.61 Å². The first-order chi connectivity index (χ1) is 13.9. The van der Waals surface area contributed by atoms with Crippen LogP contribution in [0.1, 0.15) is 25.3 Å². The molecule has 2 aromatic heterocycles. The maximum Gasteiger partial charge on any atom is 0.191 e. The van der Waals surface area contributed by atoms with Gasteiger partial charge in [-0.1, -0.05) is 48.2 Å². The Balaban J connectivity index is 1.28. The highest BCUT2D eigenvalue weighted by Gasteiger charge is 2.30. The fraction of sp³-hybridized carbons (Fsp3) is 0.273. The van der Waals surface area contributed by atoms with Crippen LogP contribution in [0.2, 0.25) is 0 Å². The van der Waals surface area contributed by atoms with Gasteiger partial charge in [0.15, 0.2) is 11.0 Å². The van der Waals surface area contributed by atoms with Gasteiger partial charge in [0.25, 0.3) is 0 Å². The second-order valence-electron chi connectivity index (χ2n) is 7.02. The molecule has 0 radical (unpaired) electrons. The molecule has 28 heavy (non-hydrogen) atoms. The molecule has 1 aliphatic carbocycles. The van der Waals surface area contributed by atoms with E-state index in [4.69, 9.17) is 4.74 Å². The molecule has 0 saturated heterocycles. The van der Waals surface area contributed by atoms with Crippen LogP contribution in [0.4, 0.5) is 0 Å². The number of nitrogens with one attached hydrogen (secondary N) is 1. The summed E-state index contributed by atoms with van der Waals surface area (Å²) in [4.78, 5) is 3.35. The fourth-order valence-electron chi connectivity index (χ4n) is 3.41. The Labute approximate surface area is 168 Å². The van der Waals surface area contributed by atoms with E-state index in [1.165, 1.54) is 18.2 Å². The Morgan fingerprint density at radius 3 is 2.71 bits per heavy atom. The van der Waals surface area contributed by atoms with E-state index < -0.39 is 0 Å². The van der Waals surface area contributed by atoms with Crippen LogP contribution in [0.3, 0.4) is 0 Å². The van der Waals surface area contributed by atoms with Crippen LogP contribution in [0, 0.1) is 0 Å². The number of aromatic amines is 1. The van der Waals surface area contributed by atoms with Gasteiger partial charge in [0.2, 0.25) is 0 Å². The Kier molecular flexibility index (Phi) is 4.79. The number of fused-ring (bicyclic) bond motifs is 1. The van der Waals surface area contributed by atoms with Crippen LogP contribution in [0.5, 0.6) is 5.75 Å². The quantitative estimate of drug-likeness (QED) is 0.327. The zero-order chi connectivity index (χ0) is 18.8. The van der Waals surface area contributed by atoms with Gasteiger partial charge < -0.3 is 9.72 Å². The maximum atomic E-state index is 5.79. The van der Waals surface area contributed by atoms with Crippen LogP contribution < -0.4 is 4.74 Å². The first kappa shape index (κ1) is 17.4. The molecule has 2 heterocycles. The lowest BCUT2D eigenvalue weighted by Gasteiger charge is -2.09. The summed E-state index contributed by atoms with van der Waals surface area (Å²) in [6, 6.07) is 18.9. The van der Waals surface area contributed by atoms with Crippen molar-refractivity contribution < 1.29 is 4.74 Å². The van der Waals surface area contributed by atoms with Gasteiger partial charge in [-0.15, -0.1) is 10.2 Å². The first-order valence-electron chi connectivity index (χ1n) is 9.72. The van der Waals surface area contributed by atoms with Crippen molar-refractivity contribution >= 4 is 22.7 Å². The Hall–Kier alpha value is -2.73. The van der Waals surface area contributed by atoms with E-state index in [9.17, 15) is 0 Å². The molecular formula is C22H22N4OS. The second kappa shape index (κ2) is 7.72. The molecule has 1 saturated carbocycles. The topological polar surface area (TPSA) is 55.7 Å². The lowest BCUT2D eigenvalue weighted by molar-refractivity contribution is 0.318. The predicted molar refractivity (Wildman–Crippen MR) is 113 cm³/mol. The van der Waals surface area contributed by atoms with Gasteiger partial charge in [-0.3, -0.25) is 4.57 Å². The largest absolute Gasteiger partial charge is 0.494 e. The monoisotopic (exact) mass is 390 g/mol. The van der Waals surface area contributed by atoms with Gasteiger partial charge >= 0.3 is 0 Å². The second-order valence-corrected chi connectivity index (χ2v) is 8.08. The van der Waals surface area contributed by atoms with E-state index in [-0.39, 0.29) is 0 Å². The molecule has 2 aromatic carbocycles. The third-order valence-corrected chi connectivity index (χ3v) is 5.97. The van der Waals surface area contributed by atoms with Crippen LogP contribution in [0.15, 0.2) is 66.0 Å². The van der Waals surface area contributed by atoms with Crippen molar-refractivity contribution in [3.05, 3.63) is 60.8 Å². The van der Waals surface area contributed by atoms with Gasteiger partial charge in [-0.05, 0) is 37.5 Å². The number of benzene rings is 2. The Bertz CT molecular complexity index is 1070. The highest BCUT2D eigenvalue weighted by atomic mass is 32.2. The molecule has 4 aromatic rings. The number of para-hydroxylation sites is 2. The summed E-state index contributed by atoms with van der Waals surface area (Å²) in [5, 5.41) is 11.3. The molecule has 1 N–H and O–H groups in total. The van der Waals surface area contributed by atoms with Crippen molar-refractivity contribution in [2.24, 2.45) is 0 Å². The van der Waals surface area contributed by atoms with Gasteiger partial charge in [0.1, 0.15) is 5.75 Å². The molecule has 0 aliphatic heterocycles. The lowest BCUT2D eigenvalue weighted by Crippen LogP contribution is -2.02. The smallest absolute Gasteiger partial charge is 0.191 e. The molecule has 0 unspecified atom stereocenters. The fourth-order valence-corrected chi connectivity index (χ4v) is 4.32. The van der Waals surface area contributed by atoms with E-state index in [0.29, 0.717) is 12.6 Å². The van der Waals surface area contributed by atoms with Crippen LogP contribution in [-0.4, -0.2) is 32.1 Å². The molecule has 5 rings (SSSR count). The van der Waals surface area contributed by atoms with Crippen molar-refractivity contribution in [2.45, 2.75) is 30.5 Å². The molecule has 5 nitrogen and oxygen atoms in total. The third kappa shape index (κ3) is 3.52. The summed E-state index contributed by atoms with van der Waals surface area (Å²) >= 11 is 1.77. The van der Waals surface area contributed by atoms with Crippen LogP contribution >= 0.6 is 11.8 Å². The minimum Gasteiger partial charge on any atom is -0.494 e. The van der Waals surface area contributed by atoms with Crippen molar-refractivity contribution in [3.8, 4) is 17.1 Å². The minimum atomic E-state index is 0.529. The van der Waals surface area contributed by atoms with Crippen LogP contribution in [-0.2, 0) is 0 Å². The van der Waals surface area contributed by atoms with E-state index in [0.717, 1.165) is 40.0 Å². The standard InChI is InChI=1S/C22H22N4OS/c1-2-7-17(8-3-1)27-13-6-14-28-22-25-24-21(26(22)16-11-12-16)19-15-23-20-10-5-4-9-18(19)20/h1-5,7-10,15-16,23H,6,11-14H2. The highest BCUT2D eigenvalue weighted by molar-refractivity contribution is 7.99. The van der Waals surface area contributed by atoms with Crippen molar-refractivity contribution in [3.63, 3.8) is 0 Å². The number of hydrogen-bond donors (Lipinski definition) is 1. The lowest BCUT2D eigenvalue weighted by atomic mass is 10.1. The van der Waals surface area contributed by atoms with Gasteiger partial charge in [-0.2, -0.15) is 0 Å². The zero-order valence-electron chi connectivity index (χ0n) is 15.5. The SMILES string of the molecule is c1ccc(OCCCSc2nnc(-c3c[nH]c4ccccc34)n2C2CC2)cc1. The normalized spacial score (nSPS) is 13.9. The number of H-pyrrole nitrogens is 1. The molecule has 0 spiro atoms. The number of hydrogen-bond acceptors (Lipinski definition) is 4. The summed E-state index contributed by atoms with van der Waals surface area (Å²) in [6.45, 7) is 0.712. The Morgan fingerprint density at radius 1 is 1.04 bits per heavy atom. The molecule has 1 fully saturated rings. The molecule has 0 amide bonds. The number of aromatic nitrogens is 4. The number of ether oxygens (including phenoxy) is 1. The Morgan fingerprint density at radius 2 is 1.86 bits per heavy atom. The van der Waals surface area contributed by atoms with Crippen molar-refractivity contribution in [1.29, 1.82) is 0 Å². The van der Waals surface area contributed by atoms with Crippen molar-refractivity contribution in [1.82, 2.24) is 19.7 Å². The summed E-state index contributed by atoms with van der Waals surface area (Å²) in [5.41, 5.74) is 2.27. The summed E-state index contributed by atoms with van der Waals surface area (Å²) < 4.78 is 8.12. The van der Waals surface area contributed by atoms with E-state index in [1.807, 2.05) is 36.4 Å². The summed E-state index contributed by atoms with van der Waals surface area (Å²) in [5.74, 6) is 2.87. The van der Waals surface area contributed by atoms with E-state index in [1.54, 1.807) is 11.8 Å². The number of rotatable bonds is 8. The van der Waals surface area contributed by atoms with Crippen LogP contribution in [0.25, 0.3) is 22.3 Å². The maximum absolute atomic E-state index is 5.79. The summed E-state index contributed by atoms with van der Waals surface area (Å²) in [7, 11) is 0. The van der Waals surface area contributed by atoms with Crippen molar-refractivity contribution in [2.75, 3.05) is 12.4 Å². The minimum absolute atomic E-state index is 0.529. The molecule has 1 aliphatic rings. The first-order valence-corrected chi connectivity index (χ1v) is 10.7. The molecular weight excluding hydrogens is 368 g/mol. The van der Waals surface area contributed by atoms with E-state index >= 15 is 0 Å². The predicted octanol–water partition coefficient (Wildman–Crippen LogP) is 5.32. The molecule has 0 atom stereocenters.